The zero-order chi connectivity index (χ0) is 19.1. The maximum atomic E-state index is 13.1. The number of amides is 1. The van der Waals surface area contributed by atoms with Gasteiger partial charge in [0.15, 0.2) is 4.21 Å². The molecule has 10 heteroatoms. The molecular weight excluding hydrogens is 374 g/mol. The monoisotopic (exact) mass is 397 g/mol. The first kappa shape index (κ1) is 19.0. The third-order valence-electron chi connectivity index (χ3n) is 4.53. The van der Waals surface area contributed by atoms with Crippen molar-refractivity contribution in [3.05, 3.63) is 28.2 Å². The van der Waals surface area contributed by atoms with E-state index in [0.717, 1.165) is 17.8 Å². The lowest BCUT2D eigenvalue weighted by molar-refractivity contribution is 0.0825. The van der Waals surface area contributed by atoms with Gasteiger partial charge in [-0.15, -0.1) is 11.3 Å². The average molecular weight is 398 g/mol. The van der Waals surface area contributed by atoms with Crippen molar-refractivity contribution in [2.45, 2.75) is 36.8 Å². The van der Waals surface area contributed by atoms with E-state index < -0.39 is 10.0 Å². The van der Waals surface area contributed by atoms with Gasteiger partial charge < -0.3 is 4.90 Å². The number of carbonyl (C=O) groups excluding carboxylic acids is 1. The quantitative estimate of drug-likeness (QED) is 0.847. The highest BCUT2D eigenvalue weighted by molar-refractivity contribution is 7.91. The third-order valence-corrected chi connectivity index (χ3v) is 8.06. The first-order valence-electron chi connectivity index (χ1n) is 8.41. The van der Waals surface area contributed by atoms with Crippen LogP contribution in [0.4, 0.5) is 0 Å². The highest BCUT2D eigenvalue weighted by Crippen LogP contribution is 2.33. The fourth-order valence-corrected chi connectivity index (χ4v) is 6.43. The normalized spacial score (nSPS) is 18.8. The summed E-state index contributed by atoms with van der Waals surface area (Å²) in [5.74, 6) is -0.225. The fraction of sp³-hybridized carbons (Fsp3) is 0.562. The molecule has 0 spiro atoms. The van der Waals surface area contributed by atoms with E-state index in [1.54, 1.807) is 27.9 Å². The zero-order valence-electron chi connectivity index (χ0n) is 15.3. The summed E-state index contributed by atoms with van der Waals surface area (Å²) in [6, 6.07) is 0. The molecule has 0 aliphatic carbocycles. The molecule has 0 aromatic carbocycles. The van der Waals surface area contributed by atoms with Crippen molar-refractivity contribution in [1.29, 1.82) is 0 Å². The molecule has 8 nitrogen and oxygen atoms in total. The molecule has 26 heavy (non-hydrogen) atoms. The van der Waals surface area contributed by atoms with Crippen LogP contribution in [-0.4, -0.2) is 65.9 Å². The fourth-order valence-electron chi connectivity index (χ4n) is 3.28. The molecule has 1 aliphatic rings. The Balaban J connectivity index is 1.88. The molecule has 1 saturated heterocycles. The lowest BCUT2D eigenvalue weighted by atomic mass is 9.93. The van der Waals surface area contributed by atoms with Gasteiger partial charge in [-0.2, -0.15) is 9.40 Å². The van der Waals surface area contributed by atoms with E-state index in [4.69, 9.17) is 0 Å². The minimum Gasteiger partial charge on any atom is -0.345 e. The van der Waals surface area contributed by atoms with Crippen LogP contribution < -0.4 is 0 Å². The third kappa shape index (κ3) is 3.40. The van der Waals surface area contributed by atoms with E-state index in [2.05, 4.69) is 15.2 Å². The number of nitrogens with one attached hydrogen (secondary N) is 1. The number of thiazole rings is 1. The minimum absolute atomic E-state index is 0.0887. The Morgan fingerprint density at radius 2 is 2.12 bits per heavy atom. The summed E-state index contributed by atoms with van der Waals surface area (Å²) in [7, 11) is -0.213. The Labute approximate surface area is 157 Å². The summed E-state index contributed by atoms with van der Waals surface area (Å²) in [5, 5.41) is 7.66. The molecule has 1 N–H and O–H groups in total. The number of H-pyrrole nitrogens is 1. The summed E-state index contributed by atoms with van der Waals surface area (Å²) in [5.41, 5.74) is 1.75. The topological polar surface area (TPSA) is 99.3 Å². The standard InChI is InChI=1S/C16H23N5O3S2/c1-10-16(25-11(2)18-10)26(23,24)21-7-5-6-12(9-21)14-13(8-17-19-14)15(22)20(3)4/h8,12H,5-7,9H2,1-4H3,(H,17,19)/t12-/m0/s1. The number of aromatic amines is 1. The summed E-state index contributed by atoms with van der Waals surface area (Å²) in [4.78, 5) is 18.1. The van der Waals surface area contributed by atoms with Crippen molar-refractivity contribution in [3.8, 4) is 0 Å². The second-order valence-corrected chi connectivity index (χ2v) is 10.0. The van der Waals surface area contributed by atoms with Gasteiger partial charge in [-0.1, -0.05) is 0 Å². The molecule has 1 atom stereocenters. The lowest BCUT2D eigenvalue weighted by Gasteiger charge is -2.31. The van der Waals surface area contributed by atoms with Gasteiger partial charge in [0, 0.05) is 33.1 Å². The van der Waals surface area contributed by atoms with Crippen molar-refractivity contribution in [3.63, 3.8) is 0 Å². The first-order valence-corrected chi connectivity index (χ1v) is 10.7. The summed E-state index contributed by atoms with van der Waals surface area (Å²) < 4.78 is 27.9. The van der Waals surface area contributed by atoms with Gasteiger partial charge in [0.1, 0.15) is 0 Å². The maximum absolute atomic E-state index is 13.1. The number of sulfonamides is 1. The average Bonchev–Trinajstić information content (AvgIpc) is 3.20. The molecule has 1 amide bonds. The molecule has 1 fully saturated rings. The van der Waals surface area contributed by atoms with Gasteiger partial charge in [-0.05, 0) is 26.7 Å². The van der Waals surface area contributed by atoms with E-state index in [0.29, 0.717) is 34.2 Å². The molecular formula is C16H23N5O3S2. The Morgan fingerprint density at radius 3 is 2.73 bits per heavy atom. The van der Waals surface area contributed by atoms with Gasteiger partial charge in [0.2, 0.25) is 0 Å². The van der Waals surface area contributed by atoms with E-state index in [1.807, 2.05) is 0 Å². The lowest BCUT2D eigenvalue weighted by Crippen LogP contribution is -2.39. The van der Waals surface area contributed by atoms with E-state index in [-0.39, 0.29) is 11.8 Å². The Kier molecular flexibility index (Phi) is 5.18. The molecule has 3 heterocycles. The van der Waals surface area contributed by atoms with Gasteiger partial charge >= 0.3 is 0 Å². The number of carbonyl (C=O) groups is 1. The Hall–Kier alpha value is -1.78. The number of hydrogen-bond acceptors (Lipinski definition) is 6. The minimum atomic E-state index is -3.59. The summed E-state index contributed by atoms with van der Waals surface area (Å²) >= 11 is 1.20. The van der Waals surface area contributed by atoms with Gasteiger partial charge in [0.05, 0.1) is 28.2 Å². The van der Waals surface area contributed by atoms with Crippen LogP contribution >= 0.6 is 11.3 Å². The number of aryl methyl sites for hydroxylation is 2. The Morgan fingerprint density at radius 1 is 1.38 bits per heavy atom. The number of nitrogens with zero attached hydrogens (tertiary/aromatic N) is 4. The van der Waals surface area contributed by atoms with Gasteiger partial charge in [-0.3, -0.25) is 9.89 Å². The van der Waals surface area contributed by atoms with Crippen LogP contribution in [0, 0.1) is 13.8 Å². The van der Waals surface area contributed by atoms with Crippen LogP contribution in [-0.2, 0) is 10.0 Å². The number of hydrogen-bond donors (Lipinski definition) is 1. The molecule has 0 radical (unpaired) electrons. The van der Waals surface area contributed by atoms with Crippen LogP contribution in [0.15, 0.2) is 10.4 Å². The Bertz CT molecular complexity index is 916. The first-order chi connectivity index (χ1) is 12.2. The molecule has 2 aromatic rings. The molecule has 2 aromatic heterocycles. The second kappa shape index (κ2) is 7.09. The van der Waals surface area contributed by atoms with Gasteiger partial charge in [-0.25, -0.2) is 13.4 Å². The van der Waals surface area contributed by atoms with E-state index in [1.165, 1.54) is 26.7 Å². The van der Waals surface area contributed by atoms with Crippen molar-refractivity contribution in [1.82, 2.24) is 24.4 Å². The molecule has 142 valence electrons. The van der Waals surface area contributed by atoms with Crippen molar-refractivity contribution < 1.29 is 13.2 Å². The largest absolute Gasteiger partial charge is 0.345 e. The summed E-state index contributed by atoms with van der Waals surface area (Å²) in [6.07, 6.45) is 3.06. The maximum Gasteiger partial charge on any atom is 0.256 e. The highest BCUT2D eigenvalue weighted by Gasteiger charge is 2.35. The molecule has 3 rings (SSSR count). The van der Waals surface area contributed by atoms with Crippen LogP contribution in [0.25, 0.3) is 0 Å². The number of aromatic nitrogens is 3. The smallest absolute Gasteiger partial charge is 0.256 e. The number of piperidine rings is 1. The molecule has 0 unspecified atom stereocenters. The predicted molar refractivity (Wildman–Crippen MR) is 98.9 cm³/mol. The van der Waals surface area contributed by atoms with E-state index >= 15 is 0 Å². The van der Waals surface area contributed by atoms with Crippen LogP contribution in [0.2, 0.25) is 0 Å². The van der Waals surface area contributed by atoms with Crippen molar-refractivity contribution in [2.75, 3.05) is 27.2 Å². The SMILES string of the molecule is Cc1nc(C)c(S(=O)(=O)N2CCC[C@H](c3[nH]ncc3C(=O)N(C)C)C2)s1. The highest BCUT2D eigenvalue weighted by atomic mass is 32.2. The molecule has 0 bridgehead atoms. The molecule has 1 aliphatic heterocycles. The second-order valence-electron chi connectivity index (χ2n) is 6.70. The number of rotatable bonds is 4. The van der Waals surface area contributed by atoms with Crippen molar-refractivity contribution >= 4 is 27.3 Å². The zero-order valence-corrected chi connectivity index (χ0v) is 16.9. The molecule has 0 saturated carbocycles. The van der Waals surface area contributed by atoms with E-state index in [9.17, 15) is 13.2 Å². The van der Waals surface area contributed by atoms with Gasteiger partial charge in [0.25, 0.3) is 15.9 Å². The summed E-state index contributed by atoms with van der Waals surface area (Å²) in [6.45, 7) is 4.33. The van der Waals surface area contributed by atoms with Crippen LogP contribution in [0.1, 0.15) is 45.5 Å². The van der Waals surface area contributed by atoms with Crippen LogP contribution in [0.3, 0.4) is 0 Å². The van der Waals surface area contributed by atoms with Crippen molar-refractivity contribution in [2.24, 2.45) is 0 Å². The van der Waals surface area contributed by atoms with Crippen LogP contribution in [0.5, 0.6) is 0 Å². The predicted octanol–water partition coefficient (Wildman–Crippen LogP) is 1.75.